The number of amides is 2. The first-order chi connectivity index (χ1) is 12.1. The van der Waals surface area contributed by atoms with Gasteiger partial charge in [-0.15, -0.1) is 0 Å². The van der Waals surface area contributed by atoms with E-state index in [1.165, 1.54) is 0 Å². The van der Waals surface area contributed by atoms with Crippen LogP contribution in [0.4, 0.5) is 0 Å². The van der Waals surface area contributed by atoms with Crippen LogP contribution >= 0.6 is 0 Å². The minimum atomic E-state index is -0.777. The molecule has 0 unspecified atom stereocenters. The summed E-state index contributed by atoms with van der Waals surface area (Å²) < 4.78 is 0. The highest BCUT2D eigenvalue weighted by Gasteiger charge is 2.27. The number of hydrogen-bond donors (Lipinski definition) is 2. The number of piperidine rings is 1. The molecule has 1 heterocycles. The van der Waals surface area contributed by atoms with Gasteiger partial charge in [-0.1, -0.05) is 24.6 Å². The number of rotatable bonds is 8. The SMILES string of the molecule is O=C(O)CCCCCNC(=O)C1CCN(C(=O)c2ccccc2)CC1. The average molecular weight is 346 g/mol. The van der Waals surface area contributed by atoms with Crippen LogP contribution in [0.15, 0.2) is 30.3 Å². The summed E-state index contributed by atoms with van der Waals surface area (Å²) in [6.07, 6.45) is 3.79. The van der Waals surface area contributed by atoms with Crippen molar-refractivity contribution in [2.75, 3.05) is 19.6 Å². The summed E-state index contributed by atoms with van der Waals surface area (Å²) in [6.45, 7) is 1.79. The van der Waals surface area contributed by atoms with Gasteiger partial charge in [-0.2, -0.15) is 0 Å². The number of nitrogens with zero attached hydrogens (tertiary/aromatic N) is 1. The number of hydrogen-bond acceptors (Lipinski definition) is 3. The molecule has 6 nitrogen and oxygen atoms in total. The summed E-state index contributed by atoms with van der Waals surface area (Å²) in [5, 5.41) is 11.5. The highest BCUT2D eigenvalue weighted by atomic mass is 16.4. The number of nitrogens with one attached hydrogen (secondary N) is 1. The van der Waals surface area contributed by atoms with Crippen molar-refractivity contribution in [1.82, 2.24) is 10.2 Å². The monoisotopic (exact) mass is 346 g/mol. The van der Waals surface area contributed by atoms with Crippen molar-refractivity contribution in [1.29, 1.82) is 0 Å². The smallest absolute Gasteiger partial charge is 0.303 e. The summed E-state index contributed by atoms with van der Waals surface area (Å²) in [5.41, 5.74) is 0.687. The zero-order chi connectivity index (χ0) is 18.1. The number of carbonyl (C=O) groups excluding carboxylic acids is 2. The van der Waals surface area contributed by atoms with Crippen LogP contribution < -0.4 is 5.32 Å². The van der Waals surface area contributed by atoms with E-state index in [1.807, 2.05) is 35.2 Å². The van der Waals surface area contributed by atoms with Gasteiger partial charge in [0.05, 0.1) is 0 Å². The maximum atomic E-state index is 12.4. The number of carbonyl (C=O) groups is 3. The average Bonchev–Trinajstić information content (AvgIpc) is 2.64. The maximum Gasteiger partial charge on any atom is 0.303 e. The molecular formula is C19H26N2O4. The lowest BCUT2D eigenvalue weighted by Gasteiger charge is -2.31. The number of aliphatic carboxylic acids is 1. The quantitative estimate of drug-likeness (QED) is 0.707. The predicted molar refractivity (Wildman–Crippen MR) is 94.2 cm³/mol. The van der Waals surface area contributed by atoms with Gasteiger partial charge >= 0.3 is 5.97 Å². The van der Waals surface area contributed by atoms with E-state index in [9.17, 15) is 14.4 Å². The third-order valence-electron chi connectivity index (χ3n) is 4.54. The molecule has 1 aliphatic heterocycles. The Hall–Kier alpha value is -2.37. The normalized spacial score (nSPS) is 15.0. The Balaban J connectivity index is 1.65. The van der Waals surface area contributed by atoms with E-state index in [4.69, 9.17) is 5.11 Å². The van der Waals surface area contributed by atoms with Crippen LogP contribution in [-0.2, 0) is 9.59 Å². The van der Waals surface area contributed by atoms with Crippen LogP contribution in [0.25, 0.3) is 0 Å². The van der Waals surface area contributed by atoms with Crippen molar-refractivity contribution in [2.45, 2.75) is 38.5 Å². The Bertz CT molecular complexity index is 580. The van der Waals surface area contributed by atoms with E-state index in [0.717, 1.165) is 12.8 Å². The molecule has 2 amide bonds. The summed E-state index contributed by atoms with van der Waals surface area (Å²) in [6, 6.07) is 9.21. The first kappa shape index (κ1) is 19.0. The van der Waals surface area contributed by atoms with E-state index in [-0.39, 0.29) is 24.2 Å². The summed E-state index contributed by atoms with van der Waals surface area (Å²) >= 11 is 0. The predicted octanol–water partition coefficient (Wildman–Crippen LogP) is 2.30. The van der Waals surface area contributed by atoms with Gasteiger partial charge in [0.2, 0.25) is 5.91 Å². The second-order valence-electron chi connectivity index (χ2n) is 6.43. The highest BCUT2D eigenvalue weighted by molar-refractivity contribution is 5.94. The molecule has 0 bridgehead atoms. The molecule has 0 atom stereocenters. The molecule has 0 aromatic heterocycles. The van der Waals surface area contributed by atoms with Gasteiger partial charge in [0.15, 0.2) is 0 Å². The van der Waals surface area contributed by atoms with Gasteiger partial charge in [-0.3, -0.25) is 14.4 Å². The van der Waals surface area contributed by atoms with Gasteiger partial charge in [-0.05, 0) is 37.8 Å². The van der Waals surface area contributed by atoms with Gasteiger partial charge in [0, 0.05) is 37.5 Å². The molecule has 2 rings (SSSR count). The molecule has 1 saturated heterocycles. The molecule has 1 aromatic carbocycles. The van der Waals surface area contributed by atoms with Crippen LogP contribution in [0.1, 0.15) is 48.9 Å². The second-order valence-corrected chi connectivity index (χ2v) is 6.43. The van der Waals surface area contributed by atoms with Gasteiger partial charge in [-0.25, -0.2) is 0 Å². The second kappa shape index (κ2) is 9.81. The van der Waals surface area contributed by atoms with Crippen LogP contribution in [0.5, 0.6) is 0 Å². The zero-order valence-corrected chi connectivity index (χ0v) is 14.4. The fourth-order valence-corrected chi connectivity index (χ4v) is 3.04. The molecule has 1 aromatic rings. The molecule has 2 N–H and O–H groups in total. The minimum absolute atomic E-state index is 0.0258. The van der Waals surface area contributed by atoms with E-state index < -0.39 is 5.97 Å². The van der Waals surface area contributed by atoms with Crippen LogP contribution in [0, 0.1) is 5.92 Å². The summed E-state index contributed by atoms with van der Waals surface area (Å²) in [4.78, 5) is 36.8. The Morgan fingerprint density at radius 1 is 1.04 bits per heavy atom. The topological polar surface area (TPSA) is 86.7 Å². The molecule has 0 aliphatic carbocycles. The highest BCUT2D eigenvalue weighted by Crippen LogP contribution is 2.19. The van der Waals surface area contributed by atoms with Crippen molar-refractivity contribution in [3.8, 4) is 0 Å². The van der Waals surface area contributed by atoms with Crippen molar-refractivity contribution in [3.05, 3.63) is 35.9 Å². The van der Waals surface area contributed by atoms with Crippen LogP contribution in [-0.4, -0.2) is 47.4 Å². The molecule has 0 spiro atoms. The standard InChI is InChI=1S/C19H26N2O4/c22-17(23)9-5-2-6-12-20-18(24)15-10-13-21(14-11-15)19(25)16-7-3-1-4-8-16/h1,3-4,7-8,15H,2,5-6,9-14H2,(H,20,24)(H,22,23). The van der Waals surface area contributed by atoms with Crippen molar-refractivity contribution in [2.24, 2.45) is 5.92 Å². The van der Waals surface area contributed by atoms with Crippen molar-refractivity contribution >= 4 is 17.8 Å². The van der Waals surface area contributed by atoms with E-state index >= 15 is 0 Å². The largest absolute Gasteiger partial charge is 0.481 e. The maximum absolute atomic E-state index is 12.4. The lowest BCUT2D eigenvalue weighted by Crippen LogP contribution is -2.43. The third-order valence-corrected chi connectivity index (χ3v) is 4.54. The van der Waals surface area contributed by atoms with Gasteiger partial charge in [0.25, 0.3) is 5.91 Å². The fraction of sp³-hybridized carbons (Fsp3) is 0.526. The number of carboxylic acids is 1. The lowest BCUT2D eigenvalue weighted by molar-refractivity contribution is -0.137. The molecule has 1 aliphatic rings. The molecule has 1 fully saturated rings. The van der Waals surface area contributed by atoms with Crippen LogP contribution in [0.3, 0.4) is 0 Å². The van der Waals surface area contributed by atoms with E-state index in [1.54, 1.807) is 0 Å². The fourth-order valence-electron chi connectivity index (χ4n) is 3.04. The zero-order valence-electron chi connectivity index (χ0n) is 14.4. The van der Waals surface area contributed by atoms with Crippen molar-refractivity contribution < 1.29 is 19.5 Å². The molecule has 6 heteroatoms. The number of carboxylic acid groups (broad SMARTS) is 1. The first-order valence-corrected chi connectivity index (χ1v) is 8.92. The lowest BCUT2D eigenvalue weighted by atomic mass is 9.95. The molecule has 136 valence electrons. The van der Waals surface area contributed by atoms with Gasteiger partial charge in [0.1, 0.15) is 0 Å². The minimum Gasteiger partial charge on any atom is -0.481 e. The van der Waals surface area contributed by atoms with Crippen LogP contribution in [0.2, 0.25) is 0 Å². The Morgan fingerprint density at radius 3 is 2.36 bits per heavy atom. The van der Waals surface area contributed by atoms with Gasteiger partial charge < -0.3 is 15.3 Å². The molecule has 25 heavy (non-hydrogen) atoms. The summed E-state index contributed by atoms with van der Waals surface area (Å²) in [7, 11) is 0. The third kappa shape index (κ3) is 6.21. The molecule has 0 saturated carbocycles. The first-order valence-electron chi connectivity index (χ1n) is 8.92. The number of benzene rings is 1. The van der Waals surface area contributed by atoms with E-state index in [0.29, 0.717) is 44.5 Å². The molecular weight excluding hydrogens is 320 g/mol. The van der Waals surface area contributed by atoms with E-state index in [2.05, 4.69) is 5.32 Å². The Labute approximate surface area is 148 Å². The Kier molecular flexibility index (Phi) is 7.44. The van der Waals surface area contributed by atoms with Crippen molar-refractivity contribution in [3.63, 3.8) is 0 Å². The Morgan fingerprint density at radius 2 is 1.72 bits per heavy atom. The summed E-state index contributed by atoms with van der Waals surface area (Å²) in [5.74, 6) is -0.748. The number of likely N-dealkylation sites (tertiary alicyclic amines) is 1. The number of unbranched alkanes of at least 4 members (excludes halogenated alkanes) is 2. The molecule has 0 radical (unpaired) electrons.